The Hall–Kier alpha value is -3.67. The maximum atomic E-state index is 12.9. The molecular formula is C66H112O6. The van der Waals surface area contributed by atoms with Crippen molar-refractivity contribution >= 4 is 17.9 Å². The van der Waals surface area contributed by atoms with Crippen LogP contribution in [-0.2, 0) is 28.6 Å². The van der Waals surface area contributed by atoms with Gasteiger partial charge in [-0.25, -0.2) is 0 Å². The summed E-state index contributed by atoms with van der Waals surface area (Å²) < 4.78 is 16.9. The minimum Gasteiger partial charge on any atom is -0.462 e. The molecule has 1 unspecified atom stereocenters. The molecule has 0 aromatic carbocycles. The Morgan fingerprint density at radius 2 is 0.569 bits per heavy atom. The first kappa shape index (κ1) is 68.3. The first-order chi connectivity index (χ1) is 35.5. The molecule has 0 saturated carbocycles. The van der Waals surface area contributed by atoms with E-state index >= 15 is 0 Å². The Morgan fingerprint density at radius 3 is 0.903 bits per heavy atom. The van der Waals surface area contributed by atoms with E-state index in [0.29, 0.717) is 19.3 Å². The third-order valence-corrected chi connectivity index (χ3v) is 12.8. The Kier molecular flexibility index (Phi) is 56.8. The van der Waals surface area contributed by atoms with Gasteiger partial charge < -0.3 is 14.2 Å². The summed E-state index contributed by atoms with van der Waals surface area (Å²) in [5.74, 6) is -0.899. The van der Waals surface area contributed by atoms with Crippen molar-refractivity contribution in [3.8, 4) is 0 Å². The lowest BCUT2D eigenvalue weighted by Crippen LogP contribution is -2.30. The fourth-order valence-electron chi connectivity index (χ4n) is 8.31. The first-order valence-corrected chi connectivity index (χ1v) is 30.2. The topological polar surface area (TPSA) is 78.9 Å². The lowest BCUT2D eigenvalue weighted by Gasteiger charge is -2.18. The average molecular weight is 1000 g/mol. The van der Waals surface area contributed by atoms with Crippen LogP contribution in [-0.4, -0.2) is 37.2 Å². The quantitative estimate of drug-likeness (QED) is 0.0261. The molecule has 0 aliphatic heterocycles. The molecule has 0 aliphatic carbocycles. The number of carbonyl (C=O) groups excluding carboxylic acids is 3. The summed E-state index contributed by atoms with van der Waals surface area (Å²) in [4.78, 5) is 38.2. The van der Waals surface area contributed by atoms with E-state index in [1.165, 1.54) is 109 Å². The minimum absolute atomic E-state index is 0.0847. The van der Waals surface area contributed by atoms with Gasteiger partial charge >= 0.3 is 17.9 Å². The van der Waals surface area contributed by atoms with E-state index in [1.54, 1.807) is 0 Å². The van der Waals surface area contributed by atoms with Crippen molar-refractivity contribution in [2.75, 3.05) is 13.2 Å². The summed E-state index contributed by atoms with van der Waals surface area (Å²) in [6.07, 6.45) is 79.7. The molecule has 0 fully saturated rings. The SMILES string of the molecule is CC/C=C\C/C=C\C/C=C\C/C=C\C/C=C\C/C=C\CCCCCCCCCCC(=O)OCC(COC(=O)CCCCCCC/C=C\C/C=C\CCC)OC(=O)CCCCCCCCCCCCCCCC. The molecule has 0 spiro atoms. The molecule has 0 rings (SSSR count). The standard InChI is InChI=1S/C66H112O6/c1-4-7-10-13-16-19-22-25-27-28-29-30-31-32-33-34-35-36-37-38-39-42-44-47-50-53-56-59-65(68)71-62-63(61-70-64(67)58-55-52-49-46-43-40-24-21-18-15-12-9-6-3)72-66(69)60-57-54-51-48-45-41-26-23-20-17-14-11-8-5-2/h7,10,12,15-16,19,21,24-25,27,29-30,32-33,35-36,63H,4-6,8-9,11,13-14,17-18,20,22-23,26,28,31,34,37-62H2,1-3H3/b10-7-,15-12-,19-16-,24-21-,27-25-,30-29-,33-32-,36-35-. The molecule has 0 bridgehead atoms. The van der Waals surface area contributed by atoms with Crippen LogP contribution in [0.5, 0.6) is 0 Å². The van der Waals surface area contributed by atoms with Gasteiger partial charge in [-0.3, -0.25) is 14.4 Å². The van der Waals surface area contributed by atoms with Crippen LogP contribution < -0.4 is 0 Å². The first-order valence-electron chi connectivity index (χ1n) is 30.2. The largest absolute Gasteiger partial charge is 0.462 e. The van der Waals surface area contributed by atoms with Crippen LogP contribution in [0.3, 0.4) is 0 Å². The number of hydrogen-bond donors (Lipinski definition) is 0. The molecule has 412 valence electrons. The molecule has 0 aliphatic rings. The number of unbranched alkanes of at least 4 members (excludes halogenated alkanes) is 27. The van der Waals surface area contributed by atoms with Crippen molar-refractivity contribution in [2.24, 2.45) is 0 Å². The summed E-state index contributed by atoms with van der Waals surface area (Å²) in [6, 6.07) is 0. The van der Waals surface area contributed by atoms with Gasteiger partial charge in [-0.15, -0.1) is 0 Å². The molecule has 0 radical (unpaired) electrons. The fourth-order valence-corrected chi connectivity index (χ4v) is 8.31. The van der Waals surface area contributed by atoms with Gasteiger partial charge in [-0.05, 0) is 96.3 Å². The van der Waals surface area contributed by atoms with Crippen molar-refractivity contribution in [3.05, 3.63) is 97.2 Å². The maximum Gasteiger partial charge on any atom is 0.306 e. The number of ether oxygens (including phenoxy) is 3. The average Bonchev–Trinajstić information content (AvgIpc) is 3.38. The van der Waals surface area contributed by atoms with Crippen LogP contribution in [0.1, 0.15) is 284 Å². The van der Waals surface area contributed by atoms with Crippen LogP contribution >= 0.6 is 0 Å². The molecule has 0 aromatic heterocycles. The lowest BCUT2D eigenvalue weighted by molar-refractivity contribution is -0.167. The van der Waals surface area contributed by atoms with Crippen LogP contribution in [0.4, 0.5) is 0 Å². The highest BCUT2D eigenvalue weighted by Crippen LogP contribution is 2.16. The second kappa shape index (κ2) is 59.9. The monoisotopic (exact) mass is 1000 g/mol. The summed E-state index contributed by atoms with van der Waals surface area (Å²) in [5, 5.41) is 0. The Balaban J connectivity index is 4.31. The molecule has 0 amide bonds. The number of esters is 3. The Morgan fingerprint density at radius 1 is 0.292 bits per heavy atom. The highest BCUT2D eigenvalue weighted by molar-refractivity contribution is 5.71. The van der Waals surface area contributed by atoms with Gasteiger partial charge in [0.25, 0.3) is 0 Å². The molecule has 1 atom stereocenters. The molecule has 6 heteroatoms. The minimum atomic E-state index is -0.786. The van der Waals surface area contributed by atoms with E-state index in [-0.39, 0.29) is 31.1 Å². The van der Waals surface area contributed by atoms with Crippen LogP contribution in [0, 0.1) is 0 Å². The van der Waals surface area contributed by atoms with Gasteiger partial charge in [0.05, 0.1) is 0 Å². The highest BCUT2D eigenvalue weighted by Gasteiger charge is 2.19. The van der Waals surface area contributed by atoms with Crippen molar-refractivity contribution in [1.29, 1.82) is 0 Å². The predicted molar refractivity (Wildman–Crippen MR) is 311 cm³/mol. The Bertz CT molecular complexity index is 1430. The number of carbonyl (C=O) groups is 3. The molecule has 0 N–H and O–H groups in total. The molecule has 6 nitrogen and oxygen atoms in total. The molecule has 0 saturated heterocycles. The van der Waals surface area contributed by atoms with E-state index < -0.39 is 6.10 Å². The third kappa shape index (κ3) is 57.2. The highest BCUT2D eigenvalue weighted by atomic mass is 16.6. The summed E-state index contributed by atoms with van der Waals surface area (Å²) in [6.45, 7) is 6.46. The Labute approximate surface area is 445 Å². The number of allylic oxidation sites excluding steroid dienone is 16. The van der Waals surface area contributed by atoms with Crippen molar-refractivity contribution < 1.29 is 28.6 Å². The summed E-state index contributed by atoms with van der Waals surface area (Å²) >= 11 is 0. The normalized spacial score (nSPS) is 12.8. The third-order valence-electron chi connectivity index (χ3n) is 12.8. The van der Waals surface area contributed by atoms with E-state index in [4.69, 9.17) is 14.2 Å². The summed E-state index contributed by atoms with van der Waals surface area (Å²) in [7, 11) is 0. The lowest BCUT2D eigenvalue weighted by atomic mass is 10.0. The van der Waals surface area contributed by atoms with Gasteiger partial charge in [-0.1, -0.05) is 266 Å². The number of hydrogen-bond acceptors (Lipinski definition) is 6. The van der Waals surface area contributed by atoms with Crippen LogP contribution in [0.2, 0.25) is 0 Å². The number of rotatable bonds is 54. The van der Waals surface area contributed by atoms with E-state index in [9.17, 15) is 14.4 Å². The van der Waals surface area contributed by atoms with Crippen molar-refractivity contribution in [2.45, 2.75) is 290 Å². The second-order valence-corrected chi connectivity index (χ2v) is 19.9. The fraction of sp³-hybridized carbons (Fsp3) is 0.712. The van der Waals surface area contributed by atoms with Crippen molar-refractivity contribution in [3.63, 3.8) is 0 Å². The van der Waals surface area contributed by atoms with Gasteiger partial charge in [0.2, 0.25) is 0 Å². The van der Waals surface area contributed by atoms with Gasteiger partial charge in [-0.2, -0.15) is 0 Å². The predicted octanol–water partition coefficient (Wildman–Crippen LogP) is 20.5. The van der Waals surface area contributed by atoms with Crippen LogP contribution in [0.25, 0.3) is 0 Å². The molecule has 72 heavy (non-hydrogen) atoms. The van der Waals surface area contributed by atoms with E-state index in [0.717, 1.165) is 135 Å². The zero-order valence-corrected chi connectivity index (χ0v) is 47.2. The van der Waals surface area contributed by atoms with E-state index in [1.807, 2.05) is 0 Å². The van der Waals surface area contributed by atoms with Crippen LogP contribution in [0.15, 0.2) is 97.2 Å². The molecule has 0 aromatic rings. The van der Waals surface area contributed by atoms with Gasteiger partial charge in [0, 0.05) is 19.3 Å². The zero-order valence-electron chi connectivity index (χ0n) is 47.2. The van der Waals surface area contributed by atoms with Gasteiger partial charge in [0.1, 0.15) is 13.2 Å². The zero-order chi connectivity index (χ0) is 52.2. The van der Waals surface area contributed by atoms with Crippen molar-refractivity contribution in [1.82, 2.24) is 0 Å². The summed E-state index contributed by atoms with van der Waals surface area (Å²) in [5.41, 5.74) is 0. The maximum absolute atomic E-state index is 12.9. The molecular weight excluding hydrogens is 889 g/mol. The van der Waals surface area contributed by atoms with Gasteiger partial charge in [0.15, 0.2) is 6.10 Å². The molecule has 0 heterocycles. The second-order valence-electron chi connectivity index (χ2n) is 19.9. The van der Waals surface area contributed by atoms with E-state index in [2.05, 4.69) is 118 Å². The smallest absolute Gasteiger partial charge is 0.306 e.